The number of hydrogen-bond acceptors (Lipinski definition) is 6. The number of ketones is 1. The van der Waals surface area contributed by atoms with E-state index in [2.05, 4.69) is 21.3 Å². The molecule has 2 heterocycles. The molecule has 2 fully saturated rings. The van der Waals surface area contributed by atoms with Crippen LogP contribution in [0, 0.1) is 10.8 Å². The Bertz CT molecular complexity index is 1160. The summed E-state index contributed by atoms with van der Waals surface area (Å²) < 4.78 is 25.5. The molecule has 2 rings (SSSR count). The Morgan fingerprint density at radius 2 is 1.59 bits per heavy atom. The Balaban J connectivity index is 2.22. The number of carbonyl (C=O) groups excluding carboxylic acids is 5. The van der Waals surface area contributed by atoms with E-state index in [1.165, 1.54) is 18.2 Å². The van der Waals surface area contributed by atoms with Crippen LogP contribution in [0.4, 0.5) is 4.79 Å². The van der Waals surface area contributed by atoms with Gasteiger partial charge < -0.3 is 26.2 Å². The SMILES string of the molecule is CCCCC(NC(=O)[C@@H]1CCCN1C(=O)[C@@H](NC(=O)N[C@H](CN1CCCS1(C)(=O)O)C(C)(C)C)C(C)(C)C)C(=O)C(=O)NC. The van der Waals surface area contributed by atoms with Gasteiger partial charge in [0.15, 0.2) is 0 Å². The molecule has 0 saturated carbocycles. The minimum atomic E-state index is -3.95. The van der Waals surface area contributed by atoms with Crippen molar-refractivity contribution in [3.05, 3.63) is 0 Å². The highest BCUT2D eigenvalue weighted by molar-refractivity contribution is 8.12. The third-order valence-corrected chi connectivity index (χ3v) is 11.5. The number of likely N-dealkylation sites (tertiary alicyclic amines) is 1. The number of nitrogens with zero attached hydrogens (tertiary/aromatic N) is 2. The van der Waals surface area contributed by atoms with Crippen LogP contribution in [0.1, 0.15) is 87.0 Å². The maximum Gasteiger partial charge on any atom is 0.315 e. The highest BCUT2D eigenvalue weighted by atomic mass is 32.3. The van der Waals surface area contributed by atoms with Crippen molar-refractivity contribution in [1.82, 2.24) is 30.5 Å². The predicted molar refractivity (Wildman–Crippen MR) is 171 cm³/mol. The molecule has 5 amide bonds. The zero-order valence-corrected chi connectivity index (χ0v) is 28.9. The van der Waals surface area contributed by atoms with Crippen molar-refractivity contribution in [2.75, 3.05) is 38.7 Å². The summed E-state index contributed by atoms with van der Waals surface area (Å²) in [4.78, 5) is 66.9. The van der Waals surface area contributed by atoms with E-state index in [-0.39, 0.29) is 12.3 Å². The Morgan fingerprint density at radius 3 is 2.09 bits per heavy atom. The van der Waals surface area contributed by atoms with Crippen molar-refractivity contribution in [2.45, 2.75) is 111 Å². The van der Waals surface area contributed by atoms with Gasteiger partial charge in [-0.3, -0.25) is 23.7 Å². The summed E-state index contributed by atoms with van der Waals surface area (Å²) in [6, 6.07) is -3.94. The monoisotopic (exact) mass is 644 g/mol. The van der Waals surface area contributed by atoms with Crippen molar-refractivity contribution in [3.63, 3.8) is 0 Å². The molecule has 4 atom stereocenters. The van der Waals surface area contributed by atoms with Crippen molar-refractivity contribution >= 4 is 39.1 Å². The Morgan fingerprint density at radius 1 is 0.955 bits per heavy atom. The smallest absolute Gasteiger partial charge is 0.315 e. The summed E-state index contributed by atoms with van der Waals surface area (Å²) in [5.41, 5.74) is -1.19. The van der Waals surface area contributed by atoms with Crippen molar-refractivity contribution < 1.29 is 32.7 Å². The molecule has 0 aromatic carbocycles. The van der Waals surface area contributed by atoms with Gasteiger partial charge in [-0.15, -0.1) is 9.53 Å². The predicted octanol–water partition coefficient (Wildman–Crippen LogP) is 1.64. The van der Waals surface area contributed by atoms with Gasteiger partial charge in [0.25, 0.3) is 5.91 Å². The van der Waals surface area contributed by atoms with Crippen LogP contribution in [-0.4, -0.2) is 110 Å². The third kappa shape index (κ3) is 9.71. The van der Waals surface area contributed by atoms with Gasteiger partial charge in [0.1, 0.15) is 12.1 Å². The molecule has 13 nitrogen and oxygen atoms in total. The molecular formula is C30H56N6O7S. The van der Waals surface area contributed by atoms with Gasteiger partial charge in [0.2, 0.25) is 17.6 Å². The Hall–Kier alpha value is -2.58. The number of rotatable bonds is 12. The summed E-state index contributed by atoms with van der Waals surface area (Å²) in [6.45, 7) is 14.1. The van der Waals surface area contributed by atoms with Gasteiger partial charge in [-0.05, 0) is 36.5 Å². The fourth-order valence-electron chi connectivity index (χ4n) is 5.63. The molecule has 0 aliphatic carbocycles. The van der Waals surface area contributed by atoms with Gasteiger partial charge >= 0.3 is 6.03 Å². The number of hydrogen-bond donors (Lipinski definition) is 5. The third-order valence-electron chi connectivity index (χ3n) is 8.58. The standard InChI is InChI=1S/C30H56N6O7S/c1-10-11-14-20(23(37)26(39)31-8)32-25(38)21-15-12-17-36(21)27(40)24(30(5,6)7)34-28(41)33-22(29(2,3)4)19-35-16-13-18-44(35,9,42)43/h20-22,24H,10-19H2,1-9H3,(H,31,39)(H,32,38)(H,42,43)(H2,33,34,41)/t20?,21-,22+,24+/m0/s1. The molecule has 5 N–H and O–H groups in total. The van der Waals surface area contributed by atoms with Crippen molar-refractivity contribution in [1.29, 1.82) is 0 Å². The van der Waals surface area contributed by atoms with Gasteiger partial charge in [-0.1, -0.05) is 61.3 Å². The van der Waals surface area contributed by atoms with Crippen LogP contribution in [0.3, 0.4) is 0 Å². The second-order valence-corrected chi connectivity index (χ2v) is 18.3. The summed E-state index contributed by atoms with van der Waals surface area (Å²) >= 11 is 0. The fourth-order valence-corrected chi connectivity index (χ4v) is 7.81. The lowest BCUT2D eigenvalue weighted by Gasteiger charge is -2.46. The number of likely N-dealkylation sites (N-methyl/N-ethyl adjacent to an activating group) is 1. The van der Waals surface area contributed by atoms with E-state index in [1.54, 1.807) is 4.31 Å². The van der Waals surface area contributed by atoms with Crippen LogP contribution >= 0.6 is 0 Å². The average molecular weight is 645 g/mol. The summed E-state index contributed by atoms with van der Waals surface area (Å²) in [6.07, 6.45) is 4.61. The Kier molecular flexibility index (Phi) is 12.2. The number of urea groups is 1. The van der Waals surface area contributed by atoms with Gasteiger partial charge in [-0.2, -0.15) is 4.21 Å². The second kappa shape index (κ2) is 14.2. The van der Waals surface area contributed by atoms with Crippen LogP contribution < -0.4 is 21.3 Å². The van der Waals surface area contributed by atoms with Crippen LogP contribution in [0.5, 0.6) is 0 Å². The molecule has 0 aromatic rings. The quantitative estimate of drug-likeness (QED) is 0.201. The minimum absolute atomic E-state index is 0.172. The molecule has 2 aliphatic heterocycles. The van der Waals surface area contributed by atoms with Crippen molar-refractivity contribution in [3.8, 4) is 0 Å². The summed E-state index contributed by atoms with van der Waals surface area (Å²) in [5, 5.41) is 10.8. The van der Waals surface area contributed by atoms with Crippen LogP contribution in [0.25, 0.3) is 0 Å². The van der Waals surface area contributed by atoms with Gasteiger partial charge in [0, 0.05) is 44.7 Å². The van der Waals surface area contributed by atoms with Crippen LogP contribution in [-0.2, 0) is 28.7 Å². The first kappa shape index (κ1) is 37.6. The highest BCUT2D eigenvalue weighted by Gasteiger charge is 2.44. The maximum absolute atomic E-state index is 14.0. The van der Waals surface area contributed by atoms with Gasteiger partial charge in [0.05, 0.1) is 6.04 Å². The molecule has 0 bridgehead atoms. The number of unbranched alkanes of at least 4 members (excludes halogenated alkanes) is 1. The fraction of sp³-hybridized carbons (Fsp3) is 0.833. The number of nitrogens with one attached hydrogen (secondary N) is 4. The van der Waals surface area contributed by atoms with E-state index in [0.717, 1.165) is 6.42 Å². The van der Waals surface area contributed by atoms with E-state index in [0.29, 0.717) is 45.2 Å². The van der Waals surface area contributed by atoms with Crippen LogP contribution in [0.2, 0.25) is 0 Å². The molecule has 2 saturated heterocycles. The minimum Gasteiger partial charge on any atom is -0.353 e. The lowest BCUT2D eigenvalue weighted by molar-refractivity contribution is -0.143. The number of carbonyl (C=O) groups is 5. The normalized spacial score (nSPS) is 23.0. The molecule has 0 spiro atoms. The summed E-state index contributed by atoms with van der Waals surface area (Å²) in [5.74, 6) is -2.27. The van der Waals surface area contributed by atoms with E-state index in [4.69, 9.17) is 0 Å². The molecule has 0 aromatic heterocycles. The molecule has 2 aliphatic rings. The molecule has 0 radical (unpaired) electrons. The first-order chi connectivity index (χ1) is 20.1. The van der Waals surface area contributed by atoms with E-state index >= 15 is 0 Å². The van der Waals surface area contributed by atoms with Crippen molar-refractivity contribution in [2.24, 2.45) is 10.8 Å². The number of Topliss-reactive ketones (excluding diaryl/α,β-unsaturated/α-hetero) is 1. The lowest BCUT2D eigenvalue weighted by Crippen LogP contribution is -2.62. The van der Waals surface area contributed by atoms with E-state index in [1.807, 2.05) is 48.5 Å². The molecular weight excluding hydrogens is 588 g/mol. The maximum atomic E-state index is 14.0. The Labute approximate surface area is 262 Å². The van der Waals surface area contributed by atoms with E-state index < -0.39 is 74.1 Å². The second-order valence-electron chi connectivity index (χ2n) is 14.5. The first-order valence-corrected chi connectivity index (χ1v) is 18.1. The average Bonchev–Trinajstić information content (AvgIpc) is 3.50. The van der Waals surface area contributed by atoms with Crippen LogP contribution in [0.15, 0.2) is 0 Å². The van der Waals surface area contributed by atoms with Gasteiger partial charge in [-0.25, -0.2) is 9.10 Å². The highest BCUT2D eigenvalue weighted by Crippen LogP contribution is 2.33. The topological polar surface area (TPSA) is 177 Å². The molecule has 14 heteroatoms. The molecule has 44 heavy (non-hydrogen) atoms. The molecule has 1 unspecified atom stereocenters. The summed E-state index contributed by atoms with van der Waals surface area (Å²) in [7, 11) is -2.60. The lowest BCUT2D eigenvalue weighted by atomic mass is 9.85. The first-order valence-electron chi connectivity index (χ1n) is 15.7. The largest absolute Gasteiger partial charge is 0.353 e. The number of amides is 5. The van der Waals surface area contributed by atoms with E-state index in [9.17, 15) is 32.7 Å². The molecule has 254 valence electrons. The zero-order valence-electron chi connectivity index (χ0n) is 28.1. The zero-order chi connectivity index (χ0) is 33.7.